The van der Waals surface area contributed by atoms with Gasteiger partial charge in [-0.2, -0.15) is 37.7 Å². The molecule has 4 aromatic rings. The molecule has 2 aromatic heterocycles. The molecule has 0 aliphatic carbocycles. The lowest BCUT2D eigenvalue weighted by molar-refractivity contribution is -0.144. The monoisotopic (exact) mass is 572 g/mol. The molecule has 0 aliphatic rings. The first-order valence-corrected chi connectivity index (χ1v) is 11.9. The summed E-state index contributed by atoms with van der Waals surface area (Å²) >= 11 is 7.25. The minimum absolute atomic E-state index is 0.0186. The Morgan fingerprint density at radius 2 is 1.61 bits per heavy atom. The van der Waals surface area contributed by atoms with Crippen molar-refractivity contribution in [3.8, 4) is 22.8 Å². The van der Waals surface area contributed by atoms with E-state index >= 15 is 0 Å². The number of benzene rings is 2. The molecule has 4 rings (SSSR count). The zero-order valence-electron chi connectivity index (χ0n) is 18.8. The topological polar surface area (TPSA) is 73.7 Å². The van der Waals surface area contributed by atoms with E-state index in [0.717, 1.165) is 24.3 Å². The zero-order chi connectivity index (χ0) is 27.8. The number of carbonyl (C=O) groups is 1. The molecule has 0 spiro atoms. The van der Waals surface area contributed by atoms with Gasteiger partial charge in [0.1, 0.15) is 17.2 Å². The summed E-state index contributed by atoms with van der Waals surface area (Å²) in [5, 5.41) is 23.2. The molecular weight excluding hydrogens is 558 g/mol. The predicted octanol–water partition coefficient (Wildman–Crippen LogP) is 7.76. The van der Waals surface area contributed by atoms with E-state index in [1.165, 1.54) is 28.4 Å². The SMILES string of the molecule is O=C(c1cc(Cl)c(O)cc1O)N(Cc1ccsc1)c1ccc(-c2nc(C(F)(F)F)ccc2C(F)(F)F)cc1. The fourth-order valence-corrected chi connectivity index (χ4v) is 4.40. The van der Waals surface area contributed by atoms with Gasteiger partial charge in [0.15, 0.2) is 0 Å². The van der Waals surface area contributed by atoms with Gasteiger partial charge < -0.3 is 15.1 Å². The number of aromatic nitrogens is 1. The van der Waals surface area contributed by atoms with E-state index in [0.29, 0.717) is 11.6 Å². The largest absolute Gasteiger partial charge is 0.507 e. The molecule has 5 nitrogen and oxygen atoms in total. The number of aromatic hydroxyl groups is 2. The van der Waals surface area contributed by atoms with E-state index in [2.05, 4.69) is 4.98 Å². The molecule has 0 radical (unpaired) electrons. The molecule has 38 heavy (non-hydrogen) atoms. The molecule has 0 atom stereocenters. The smallest absolute Gasteiger partial charge is 0.433 e. The molecule has 1 amide bonds. The summed E-state index contributed by atoms with van der Waals surface area (Å²) in [4.78, 5) is 17.8. The van der Waals surface area contributed by atoms with Crippen LogP contribution in [0.5, 0.6) is 11.5 Å². The molecule has 198 valence electrons. The Labute approximate surface area is 220 Å². The number of thiophene rings is 1. The second-order valence-electron chi connectivity index (χ2n) is 7.98. The number of rotatable bonds is 5. The van der Waals surface area contributed by atoms with Crippen molar-refractivity contribution in [1.29, 1.82) is 0 Å². The van der Waals surface area contributed by atoms with Crippen LogP contribution < -0.4 is 4.90 Å². The van der Waals surface area contributed by atoms with Gasteiger partial charge in [0.05, 0.1) is 28.4 Å². The first-order chi connectivity index (χ1) is 17.8. The van der Waals surface area contributed by atoms with Crippen LogP contribution in [0.25, 0.3) is 11.3 Å². The van der Waals surface area contributed by atoms with E-state index in [-0.39, 0.29) is 34.4 Å². The summed E-state index contributed by atoms with van der Waals surface area (Å²) in [6.07, 6.45) is -9.93. The van der Waals surface area contributed by atoms with Crippen molar-refractivity contribution < 1.29 is 41.4 Å². The number of pyridine rings is 1. The Kier molecular flexibility index (Phi) is 7.31. The van der Waals surface area contributed by atoms with E-state index in [4.69, 9.17) is 11.6 Å². The first-order valence-electron chi connectivity index (χ1n) is 10.6. The highest BCUT2D eigenvalue weighted by Gasteiger charge is 2.38. The predicted molar refractivity (Wildman–Crippen MR) is 129 cm³/mol. The van der Waals surface area contributed by atoms with Crippen LogP contribution in [0.1, 0.15) is 27.2 Å². The molecule has 0 fully saturated rings. The number of nitrogens with zero attached hydrogens (tertiary/aromatic N) is 2. The van der Waals surface area contributed by atoms with Crippen molar-refractivity contribution >= 4 is 34.5 Å². The van der Waals surface area contributed by atoms with Gasteiger partial charge in [-0.3, -0.25) is 4.79 Å². The number of phenolic OH excluding ortho intramolecular Hbond substituents is 2. The number of amides is 1. The fraction of sp³-hybridized carbons (Fsp3) is 0.120. The number of hydrogen-bond acceptors (Lipinski definition) is 5. The second kappa shape index (κ2) is 10.2. The van der Waals surface area contributed by atoms with Gasteiger partial charge in [-0.15, -0.1) is 0 Å². The number of halogens is 7. The average Bonchev–Trinajstić information content (AvgIpc) is 3.36. The lowest BCUT2D eigenvalue weighted by atomic mass is 10.0. The third-order valence-corrected chi connectivity index (χ3v) is 6.44. The Bertz CT molecular complexity index is 1470. The molecule has 2 aromatic carbocycles. The molecule has 13 heteroatoms. The van der Waals surface area contributed by atoms with Crippen LogP contribution in [-0.2, 0) is 18.9 Å². The first kappa shape index (κ1) is 27.3. The number of anilines is 1. The minimum Gasteiger partial charge on any atom is -0.507 e. The van der Waals surface area contributed by atoms with Gasteiger partial charge in [-0.25, -0.2) is 4.98 Å². The van der Waals surface area contributed by atoms with E-state index in [9.17, 15) is 41.4 Å². The normalized spacial score (nSPS) is 12.0. The van der Waals surface area contributed by atoms with Crippen molar-refractivity contribution in [1.82, 2.24) is 4.98 Å². The van der Waals surface area contributed by atoms with Crippen LogP contribution in [0, 0.1) is 0 Å². The number of hydrogen-bond donors (Lipinski definition) is 2. The third kappa shape index (κ3) is 5.70. The highest BCUT2D eigenvalue weighted by atomic mass is 35.5. The van der Waals surface area contributed by atoms with Gasteiger partial charge in [0.25, 0.3) is 5.91 Å². The van der Waals surface area contributed by atoms with Crippen molar-refractivity contribution in [3.05, 3.63) is 92.8 Å². The maximum Gasteiger partial charge on any atom is 0.433 e. The third-order valence-electron chi connectivity index (χ3n) is 5.40. The molecule has 2 heterocycles. The van der Waals surface area contributed by atoms with Gasteiger partial charge in [0, 0.05) is 17.3 Å². The number of alkyl halides is 6. The summed E-state index contributed by atoms with van der Waals surface area (Å²) in [5.74, 6) is -1.77. The van der Waals surface area contributed by atoms with Crippen molar-refractivity contribution in [2.24, 2.45) is 0 Å². The Hall–Kier alpha value is -3.77. The molecule has 0 bridgehead atoms. The van der Waals surface area contributed by atoms with Crippen LogP contribution in [-0.4, -0.2) is 21.1 Å². The Balaban J connectivity index is 1.78. The Morgan fingerprint density at radius 1 is 0.921 bits per heavy atom. The van der Waals surface area contributed by atoms with Crippen LogP contribution >= 0.6 is 22.9 Å². The van der Waals surface area contributed by atoms with Gasteiger partial charge in [-0.05, 0) is 52.7 Å². The lowest BCUT2D eigenvalue weighted by Gasteiger charge is -2.24. The van der Waals surface area contributed by atoms with E-state index < -0.39 is 46.7 Å². The fourth-order valence-electron chi connectivity index (χ4n) is 3.58. The summed E-state index contributed by atoms with van der Waals surface area (Å²) < 4.78 is 80.1. The summed E-state index contributed by atoms with van der Waals surface area (Å²) in [6, 6.07) is 8.99. The van der Waals surface area contributed by atoms with E-state index in [1.54, 1.807) is 16.8 Å². The maximum absolute atomic E-state index is 13.5. The quantitative estimate of drug-likeness (QED) is 0.240. The molecule has 2 N–H and O–H groups in total. The molecule has 0 aliphatic heterocycles. The molecule has 0 saturated carbocycles. The highest BCUT2D eigenvalue weighted by Crippen LogP contribution is 2.39. The number of phenols is 2. The van der Waals surface area contributed by atoms with E-state index in [1.807, 2.05) is 0 Å². The standard InChI is InChI=1S/C25H15ClF6N2O3S/c26-18-9-16(19(35)10-20(18)36)23(37)34(11-13-7-8-38-12-13)15-3-1-14(2-4-15)22-17(24(27,28)29)5-6-21(33-22)25(30,31)32/h1-10,12,35-36H,11H2. The maximum atomic E-state index is 13.5. The lowest BCUT2D eigenvalue weighted by Crippen LogP contribution is -2.30. The minimum atomic E-state index is -4.97. The zero-order valence-corrected chi connectivity index (χ0v) is 20.4. The summed E-state index contributed by atoms with van der Waals surface area (Å²) in [6.45, 7) is -0.0186. The van der Waals surface area contributed by atoms with Crippen LogP contribution in [0.15, 0.2) is 65.4 Å². The van der Waals surface area contributed by atoms with Crippen molar-refractivity contribution in [3.63, 3.8) is 0 Å². The molecule has 0 unspecified atom stereocenters. The summed E-state index contributed by atoms with van der Waals surface area (Å²) in [5.41, 5.74) is -3.43. The average molecular weight is 573 g/mol. The van der Waals surface area contributed by atoms with Crippen LogP contribution in [0.2, 0.25) is 5.02 Å². The number of carbonyl (C=O) groups excluding carboxylic acids is 1. The Morgan fingerprint density at radius 3 is 2.18 bits per heavy atom. The van der Waals surface area contributed by atoms with Crippen LogP contribution in [0.4, 0.5) is 32.0 Å². The second-order valence-corrected chi connectivity index (χ2v) is 9.17. The summed E-state index contributed by atoms with van der Waals surface area (Å²) in [7, 11) is 0. The van der Waals surface area contributed by atoms with Crippen LogP contribution in [0.3, 0.4) is 0 Å². The molecular formula is C25H15ClF6N2O3S. The van der Waals surface area contributed by atoms with Gasteiger partial charge >= 0.3 is 12.4 Å². The van der Waals surface area contributed by atoms with Crippen molar-refractivity contribution in [2.45, 2.75) is 18.9 Å². The van der Waals surface area contributed by atoms with Gasteiger partial charge in [0.2, 0.25) is 0 Å². The molecule has 0 saturated heterocycles. The highest BCUT2D eigenvalue weighted by molar-refractivity contribution is 7.07. The van der Waals surface area contributed by atoms with Gasteiger partial charge in [-0.1, -0.05) is 23.7 Å². The van der Waals surface area contributed by atoms with Crippen molar-refractivity contribution in [2.75, 3.05) is 4.90 Å².